The van der Waals surface area contributed by atoms with Gasteiger partial charge in [0.15, 0.2) is 9.84 Å². The summed E-state index contributed by atoms with van der Waals surface area (Å²) in [4.78, 5) is 28.2. The Morgan fingerprint density at radius 3 is 2.68 bits per heavy atom. The Kier molecular flexibility index (Phi) is 6.04. The van der Waals surface area contributed by atoms with E-state index in [1.807, 2.05) is 22.4 Å². The van der Waals surface area contributed by atoms with Crippen molar-refractivity contribution >= 4 is 38.7 Å². The molecule has 0 saturated carbocycles. The van der Waals surface area contributed by atoms with Gasteiger partial charge < -0.3 is 15.0 Å². The molecule has 0 bridgehead atoms. The van der Waals surface area contributed by atoms with Crippen molar-refractivity contribution in [2.24, 2.45) is 0 Å². The highest BCUT2D eigenvalue weighted by Gasteiger charge is 2.31. The molecule has 7 nitrogen and oxygen atoms in total. The number of likely N-dealkylation sites (tertiary alicyclic amines) is 1. The van der Waals surface area contributed by atoms with Crippen molar-refractivity contribution in [3.63, 3.8) is 0 Å². The minimum absolute atomic E-state index is 0.0155. The first kappa shape index (κ1) is 20.3. The third-order valence-corrected chi connectivity index (χ3v) is 6.17. The number of methoxy groups -OCH3 is 1. The zero-order valence-electron chi connectivity index (χ0n) is 15.7. The summed E-state index contributed by atoms with van der Waals surface area (Å²) in [5.74, 6) is -1.08. The number of benzene rings is 1. The van der Waals surface area contributed by atoms with Crippen LogP contribution in [0.15, 0.2) is 35.7 Å². The normalized spacial score (nSPS) is 16.8. The molecule has 150 valence electrons. The summed E-state index contributed by atoms with van der Waals surface area (Å²) < 4.78 is 27.7. The number of hydrogen-bond donors (Lipinski definition) is 1. The molecular weight excluding hydrogens is 400 g/mol. The number of hydrogen-bond acceptors (Lipinski definition) is 7. The molecule has 2 aromatic rings. The van der Waals surface area contributed by atoms with E-state index >= 15 is 0 Å². The number of esters is 1. The van der Waals surface area contributed by atoms with E-state index in [-0.39, 0.29) is 23.4 Å². The number of nitrogens with one attached hydrogen (secondary N) is 1. The Labute approximate surface area is 168 Å². The topological polar surface area (TPSA) is 92.8 Å². The van der Waals surface area contributed by atoms with Crippen LogP contribution in [0.4, 0.5) is 5.69 Å². The molecular formula is C19H22N2O5S2. The number of rotatable bonds is 6. The van der Waals surface area contributed by atoms with Crippen molar-refractivity contribution in [3.8, 4) is 0 Å². The molecule has 1 amide bonds. The molecule has 1 saturated heterocycles. The van der Waals surface area contributed by atoms with Gasteiger partial charge in [-0.25, -0.2) is 13.2 Å². The molecule has 0 radical (unpaired) electrons. The van der Waals surface area contributed by atoms with Gasteiger partial charge in [0, 0.05) is 28.9 Å². The van der Waals surface area contributed by atoms with E-state index in [1.54, 1.807) is 17.4 Å². The second kappa shape index (κ2) is 8.32. The average molecular weight is 423 g/mol. The molecule has 28 heavy (non-hydrogen) atoms. The molecule has 0 aliphatic carbocycles. The SMILES string of the molecule is COC(=O)c1cc(NCS(C)(=O)=O)cc(C(=O)N2CCCC2c2cccs2)c1. The summed E-state index contributed by atoms with van der Waals surface area (Å²) in [6, 6.07) is 8.54. The van der Waals surface area contributed by atoms with Crippen LogP contribution in [0.1, 0.15) is 44.5 Å². The first-order chi connectivity index (χ1) is 13.3. The molecule has 3 rings (SSSR count). The number of nitrogens with zero attached hydrogens (tertiary/aromatic N) is 1. The first-order valence-corrected chi connectivity index (χ1v) is 11.7. The predicted octanol–water partition coefficient (Wildman–Crippen LogP) is 2.93. The molecule has 1 atom stereocenters. The number of ether oxygens (including phenoxy) is 1. The van der Waals surface area contributed by atoms with E-state index in [2.05, 4.69) is 5.32 Å². The van der Waals surface area contributed by atoms with Crippen LogP contribution in [0.5, 0.6) is 0 Å². The smallest absolute Gasteiger partial charge is 0.337 e. The number of anilines is 1. The maximum atomic E-state index is 13.2. The van der Waals surface area contributed by atoms with Gasteiger partial charge in [0.25, 0.3) is 5.91 Å². The van der Waals surface area contributed by atoms with Crippen LogP contribution in [0.2, 0.25) is 0 Å². The summed E-state index contributed by atoms with van der Waals surface area (Å²) in [5.41, 5.74) is 0.891. The summed E-state index contributed by atoms with van der Waals surface area (Å²) >= 11 is 1.62. The molecule has 1 aliphatic heterocycles. The second-order valence-corrected chi connectivity index (χ2v) is 9.83. The molecule has 0 spiro atoms. The second-order valence-electron chi connectivity index (χ2n) is 6.71. The van der Waals surface area contributed by atoms with Gasteiger partial charge in [0.05, 0.1) is 18.7 Å². The van der Waals surface area contributed by atoms with Gasteiger partial charge >= 0.3 is 5.97 Å². The van der Waals surface area contributed by atoms with Crippen molar-refractivity contribution in [1.29, 1.82) is 0 Å². The van der Waals surface area contributed by atoms with E-state index < -0.39 is 15.8 Å². The third-order valence-electron chi connectivity index (χ3n) is 4.52. The van der Waals surface area contributed by atoms with Crippen LogP contribution in [0.25, 0.3) is 0 Å². The molecule has 1 aromatic heterocycles. The standard InChI is InChI=1S/C19H22N2O5S2/c1-26-19(23)14-9-13(10-15(11-14)20-12-28(2,24)25)18(22)21-7-3-5-16(21)17-6-4-8-27-17/h4,6,8-11,16,20H,3,5,7,12H2,1-2H3. The highest BCUT2D eigenvalue weighted by atomic mass is 32.2. The van der Waals surface area contributed by atoms with Crippen molar-refractivity contribution < 1.29 is 22.7 Å². The van der Waals surface area contributed by atoms with Crippen LogP contribution in [0, 0.1) is 0 Å². The maximum absolute atomic E-state index is 13.2. The Morgan fingerprint density at radius 1 is 1.29 bits per heavy atom. The van der Waals surface area contributed by atoms with Crippen LogP contribution >= 0.6 is 11.3 Å². The van der Waals surface area contributed by atoms with Crippen LogP contribution in [-0.4, -0.2) is 51.0 Å². The molecule has 1 aromatic carbocycles. The lowest BCUT2D eigenvalue weighted by Crippen LogP contribution is -2.30. The Bertz CT molecular complexity index is 970. The quantitative estimate of drug-likeness (QED) is 0.720. The Morgan fingerprint density at radius 2 is 2.04 bits per heavy atom. The van der Waals surface area contributed by atoms with Crippen molar-refractivity contribution in [3.05, 3.63) is 51.7 Å². The van der Waals surface area contributed by atoms with Crippen LogP contribution in [-0.2, 0) is 14.6 Å². The van der Waals surface area contributed by atoms with E-state index in [1.165, 1.54) is 19.2 Å². The lowest BCUT2D eigenvalue weighted by atomic mass is 10.1. The van der Waals surface area contributed by atoms with E-state index in [4.69, 9.17) is 4.74 Å². The number of carbonyl (C=O) groups excluding carboxylic acids is 2. The van der Waals surface area contributed by atoms with Crippen molar-refractivity contribution in [2.45, 2.75) is 18.9 Å². The predicted molar refractivity (Wildman–Crippen MR) is 108 cm³/mol. The molecule has 9 heteroatoms. The molecule has 2 heterocycles. The molecule has 1 unspecified atom stereocenters. The van der Waals surface area contributed by atoms with Gasteiger partial charge in [-0.1, -0.05) is 6.07 Å². The number of thiophene rings is 1. The minimum Gasteiger partial charge on any atom is -0.465 e. The Hall–Kier alpha value is -2.39. The van der Waals surface area contributed by atoms with Gasteiger partial charge in [-0.3, -0.25) is 4.79 Å². The fourth-order valence-electron chi connectivity index (χ4n) is 3.26. The van der Waals surface area contributed by atoms with Crippen molar-refractivity contribution in [2.75, 3.05) is 31.1 Å². The molecule has 1 fully saturated rings. The third kappa shape index (κ3) is 4.71. The summed E-state index contributed by atoms with van der Waals surface area (Å²) in [5, 5.41) is 4.75. The molecule has 1 aliphatic rings. The number of carbonyl (C=O) groups is 2. The fourth-order valence-corrected chi connectivity index (χ4v) is 4.56. The highest BCUT2D eigenvalue weighted by molar-refractivity contribution is 7.90. The lowest BCUT2D eigenvalue weighted by Gasteiger charge is -2.24. The number of sulfone groups is 1. The minimum atomic E-state index is -3.27. The van der Waals surface area contributed by atoms with Gasteiger partial charge in [0.1, 0.15) is 5.88 Å². The van der Waals surface area contributed by atoms with E-state index in [0.717, 1.165) is 24.0 Å². The highest BCUT2D eigenvalue weighted by Crippen LogP contribution is 2.35. The van der Waals surface area contributed by atoms with Gasteiger partial charge in [-0.15, -0.1) is 11.3 Å². The maximum Gasteiger partial charge on any atom is 0.337 e. The summed E-state index contributed by atoms with van der Waals surface area (Å²) in [6.07, 6.45) is 2.90. The molecule has 1 N–H and O–H groups in total. The Balaban J connectivity index is 1.92. The summed E-state index contributed by atoms with van der Waals surface area (Å²) in [7, 11) is -2.01. The first-order valence-electron chi connectivity index (χ1n) is 8.78. The van der Waals surface area contributed by atoms with Crippen molar-refractivity contribution in [1.82, 2.24) is 4.90 Å². The number of amides is 1. The lowest BCUT2D eigenvalue weighted by molar-refractivity contribution is 0.0600. The van der Waals surface area contributed by atoms with Crippen LogP contribution < -0.4 is 5.32 Å². The van der Waals surface area contributed by atoms with Gasteiger partial charge in [0.2, 0.25) is 0 Å². The summed E-state index contributed by atoms with van der Waals surface area (Å²) in [6.45, 7) is 0.635. The fraction of sp³-hybridized carbons (Fsp3) is 0.368. The van der Waals surface area contributed by atoms with Gasteiger partial charge in [-0.05, 0) is 42.5 Å². The average Bonchev–Trinajstić information content (AvgIpc) is 3.35. The zero-order chi connectivity index (χ0) is 20.3. The van der Waals surface area contributed by atoms with Crippen LogP contribution in [0.3, 0.4) is 0 Å². The largest absolute Gasteiger partial charge is 0.465 e. The zero-order valence-corrected chi connectivity index (χ0v) is 17.3. The monoisotopic (exact) mass is 422 g/mol. The van der Waals surface area contributed by atoms with Gasteiger partial charge in [-0.2, -0.15) is 0 Å². The van der Waals surface area contributed by atoms with E-state index in [0.29, 0.717) is 17.8 Å². The van der Waals surface area contributed by atoms with E-state index in [9.17, 15) is 18.0 Å².